The molecule has 0 aromatic heterocycles. The second-order valence-corrected chi connectivity index (χ2v) is 10.4. The average Bonchev–Trinajstić information content (AvgIpc) is 2.82. The summed E-state index contributed by atoms with van der Waals surface area (Å²) in [5.74, 6) is -0.140. The molecule has 1 amide bonds. The zero-order valence-electron chi connectivity index (χ0n) is 18.3. The molecule has 0 unspecified atom stereocenters. The van der Waals surface area contributed by atoms with Gasteiger partial charge in [0, 0.05) is 36.9 Å². The number of hydrogen-bond acceptors (Lipinski definition) is 4. The average molecular weight is 484 g/mol. The second kappa shape index (κ2) is 10.1. The normalized spacial score (nSPS) is 16.3. The highest BCUT2D eigenvalue weighted by Gasteiger charge is 2.34. The van der Waals surface area contributed by atoms with Crippen LogP contribution in [0.15, 0.2) is 83.8 Å². The van der Waals surface area contributed by atoms with Crippen LogP contribution >= 0.6 is 11.6 Å². The van der Waals surface area contributed by atoms with Crippen molar-refractivity contribution in [2.45, 2.75) is 17.9 Å². The van der Waals surface area contributed by atoms with E-state index in [0.717, 1.165) is 16.8 Å². The first-order chi connectivity index (χ1) is 15.8. The highest BCUT2D eigenvalue weighted by Crippen LogP contribution is 2.26. The Kier molecular flexibility index (Phi) is 7.14. The largest absolute Gasteiger partial charge is 0.324 e. The van der Waals surface area contributed by atoms with Crippen LogP contribution in [-0.4, -0.2) is 49.7 Å². The molecule has 1 atom stereocenters. The Morgan fingerprint density at radius 3 is 2.09 bits per heavy atom. The molecule has 1 heterocycles. The lowest BCUT2D eigenvalue weighted by atomic mass is 10.0. The van der Waals surface area contributed by atoms with Crippen molar-refractivity contribution in [2.24, 2.45) is 0 Å². The van der Waals surface area contributed by atoms with Crippen molar-refractivity contribution in [3.63, 3.8) is 0 Å². The summed E-state index contributed by atoms with van der Waals surface area (Å²) in [5.41, 5.74) is 2.72. The molecule has 0 spiro atoms. The van der Waals surface area contributed by atoms with Gasteiger partial charge in [-0.15, -0.1) is 0 Å². The Bertz CT molecular complexity index is 1190. The van der Waals surface area contributed by atoms with Gasteiger partial charge in [-0.3, -0.25) is 9.69 Å². The number of nitrogens with zero attached hydrogens (tertiary/aromatic N) is 2. The summed E-state index contributed by atoms with van der Waals surface area (Å²) in [5, 5.41) is 3.50. The molecule has 1 saturated heterocycles. The molecule has 3 aromatic rings. The van der Waals surface area contributed by atoms with Crippen molar-refractivity contribution in [3.8, 4) is 0 Å². The van der Waals surface area contributed by atoms with Gasteiger partial charge in [0.2, 0.25) is 15.9 Å². The fraction of sp³-hybridized carbons (Fsp3) is 0.240. The lowest BCUT2D eigenvalue weighted by Crippen LogP contribution is -2.51. The number of piperazine rings is 1. The topological polar surface area (TPSA) is 69.7 Å². The van der Waals surface area contributed by atoms with Crippen LogP contribution in [0.3, 0.4) is 0 Å². The number of aryl methyl sites for hydroxylation is 1. The predicted octanol–water partition coefficient (Wildman–Crippen LogP) is 4.33. The molecular formula is C25H26ClN3O3S. The van der Waals surface area contributed by atoms with Crippen molar-refractivity contribution in [2.75, 3.05) is 31.5 Å². The molecule has 1 N–H and O–H groups in total. The maximum atomic E-state index is 13.3. The summed E-state index contributed by atoms with van der Waals surface area (Å²) >= 11 is 5.90. The smallest absolute Gasteiger partial charge is 0.246 e. The lowest BCUT2D eigenvalue weighted by molar-refractivity contribution is -0.122. The maximum Gasteiger partial charge on any atom is 0.246 e. The van der Waals surface area contributed by atoms with Gasteiger partial charge in [0.25, 0.3) is 0 Å². The van der Waals surface area contributed by atoms with Gasteiger partial charge in [-0.2, -0.15) is 4.31 Å². The number of rotatable bonds is 6. The van der Waals surface area contributed by atoms with Gasteiger partial charge in [0.1, 0.15) is 6.04 Å². The molecule has 0 aliphatic carbocycles. The van der Waals surface area contributed by atoms with E-state index in [1.54, 1.807) is 12.1 Å². The molecule has 8 heteroatoms. The van der Waals surface area contributed by atoms with E-state index in [2.05, 4.69) is 5.32 Å². The number of sulfonamides is 1. The van der Waals surface area contributed by atoms with Crippen LogP contribution in [0.25, 0.3) is 0 Å². The Morgan fingerprint density at radius 1 is 0.879 bits per heavy atom. The molecule has 0 bridgehead atoms. The van der Waals surface area contributed by atoms with Gasteiger partial charge < -0.3 is 5.32 Å². The Labute approximate surface area is 199 Å². The van der Waals surface area contributed by atoms with E-state index in [-0.39, 0.29) is 10.8 Å². The first-order valence-corrected chi connectivity index (χ1v) is 12.6. The monoisotopic (exact) mass is 483 g/mol. The van der Waals surface area contributed by atoms with E-state index in [0.29, 0.717) is 31.2 Å². The molecule has 6 nitrogen and oxygen atoms in total. The minimum Gasteiger partial charge on any atom is -0.324 e. The quantitative estimate of drug-likeness (QED) is 0.566. The number of benzene rings is 3. The van der Waals surface area contributed by atoms with Crippen LogP contribution in [0.5, 0.6) is 0 Å². The van der Waals surface area contributed by atoms with Gasteiger partial charge in [-0.1, -0.05) is 59.6 Å². The van der Waals surface area contributed by atoms with E-state index in [1.807, 2.05) is 66.4 Å². The number of carbonyl (C=O) groups is 1. The van der Waals surface area contributed by atoms with Crippen molar-refractivity contribution in [1.82, 2.24) is 9.21 Å². The van der Waals surface area contributed by atoms with E-state index in [9.17, 15) is 13.2 Å². The molecule has 172 valence electrons. The number of carbonyl (C=O) groups excluding carboxylic acids is 1. The van der Waals surface area contributed by atoms with Crippen LogP contribution in [0.2, 0.25) is 5.02 Å². The molecule has 33 heavy (non-hydrogen) atoms. The minimum atomic E-state index is -3.62. The van der Waals surface area contributed by atoms with Gasteiger partial charge in [-0.25, -0.2) is 8.42 Å². The van der Waals surface area contributed by atoms with Crippen LogP contribution in [0.1, 0.15) is 17.2 Å². The molecule has 1 aliphatic rings. The highest BCUT2D eigenvalue weighted by atomic mass is 35.5. The molecule has 3 aromatic carbocycles. The SMILES string of the molecule is Cc1ccc(NC(=O)[C@H](c2ccccc2)N2CCN(S(=O)(=O)c3ccc(Cl)cc3)CC2)cc1. The summed E-state index contributed by atoms with van der Waals surface area (Å²) in [6.07, 6.45) is 0. The van der Waals surface area contributed by atoms with Crippen molar-refractivity contribution in [3.05, 3.63) is 95.0 Å². The van der Waals surface area contributed by atoms with Crippen molar-refractivity contribution in [1.29, 1.82) is 0 Å². The first kappa shape index (κ1) is 23.4. The van der Waals surface area contributed by atoms with E-state index < -0.39 is 16.1 Å². The lowest BCUT2D eigenvalue weighted by Gasteiger charge is -2.38. The van der Waals surface area contributed by atoms with Crippen LogP contribution in [0.4, 0.5) is 5.69 Å². The Morgan fingerprint density at radius 2 is 1.48 bits per heavy atom. The van der Waals surface area contributed by atoms with Gasteiger partial charge >= 0.3 is 0 Å². The fourth-order valence-electron chi connectivity index (χ4n) is 3.97. The molecule has 4 rings (SSSR count). The van der Waals surface area contributed by atoms with E-state index in [1.165, 1.54) is 16.4 Å². The number of anilines is 1. The summed E-state index contributed by atoms with van der Waals surface area (Å²) < 4.78 is 27.5. The van der Waals surface area contributed by atoms with E-state index in [4.69, 9.17) is 11.6 Å². The van der Waals surface area contributed by atoms with Gasteiger partial charge in [-0.05, 0) is 48.9 Å². The molecular weight excluding hydrogens is 458 g/mol. The Hall–Kier alpha value is -2.71. The van der Waals surface area contributed by atoms with Crippen molar-refractivity contribution >= 4 is 33.2 Å². The third-order valence-electron chi connectivity index (χ3n) is 5.77. The standard InChI is InChI=1S/C25H26ClN3O3S/c1-19-7-11-22(12-8-19)27-25(30)24(20-5-3-2-4-6-20)28-15-17-29(18-16-28)33(31,32)23-13-9-21(26)10-14-23/h2-14,24H,15-18H2,1H3,(H,27,30)/t24-/m0/s1. The molecule has 0 saturated carbocycles. The van der Waals surface area contributed by atoms with Crippen LogP contribution < -0.4 is 5.32 Å². The number of hydrogen-bond donors (Lipinski definition) is 1. The summed E-state index contributed by atoms with van der Waals surface area (Å²) in [6.45, 7) is 3.47. The first-order valence-electron chi connectivity index (χ1n) is 10.8. The predicted molar refractivity (Wildman–Crippen MR) is 131 cm³/mol. The number of nitrogens with one attached hydrogen (secondary N) is 1. The maximum absolute atomic E-state index is 13.3. The molecule has 0 radical (unpaired) electrons. The third kappa shape index (κ3) is 5.45. The summed E-state index contributed by atoms with van der Waals surface area (Å²) in [6, 6.07) is 22.9. The minimum absolute atomic E-state index is 0.140. The Balaban J connectivity index is 1.51. The van der Waals surface area contributed by atoms with Gasteiger partial charge in [0.15, 0.2) is 0 Å². The highest BCUT2D eigenvalue weighted by molar-refractivity contribution is 7.89. The van der Waals surface area contributed by atoms with Crippen molar-refractivity contribution < 1.29 is 13.2 Å². The fourth-order valence-corrected chi connectivity index (χ4v) is 5.52. The zero-order valence-corrected chi connectivity index (χ0v) is 19.9. The summed E-state index contributed by atoms with van der Waals surface area (Å²) in [7, 11) is -3.62. The number of amides is 1. The van der Waals surface area contributed by atoms with Crippen LogP contribution in [0, 0.1) is 6.92 Å². The molecule has 1 aliphatic heterocycles. The van der Waals surface area contributed by atoms with Gasteiger partial charge in [0.05, 0.1) is 4.90 Å². The third-order valence-corrected chi connectivity index (χ3v) is 7.94. The zero-order chi connectivity index (χ0) is 23.4. The second-order valence-electron chi connectivity index (χ2n) is 8.06. The molecule has 1 fully saturated rings. The van der Waals surface area contributed by atoms with E-state index >= 15 is 0 Å². The van der Waals surface area contributed by atoms with Crippen LogP contribution in [-0.2, 0) is 14.8 Å². The number of halogens is 1. The summed E-state index contributed by atoms with van der Waals surface area (Å²) in [4.78, 5) is 15.6.